The largest absolute Gasteiger partial charge is 0.352 e. The van der Waals surface area contributed by atoms with Gasteiger partial charge in [0.1, 0.15) is 0 Å². The number of nitrogens with zero attached hydrogens (tertiary/aromatic N) is 2. The Labute approximate surface area is 140 Å². The predicted octanol–water partition coefficient (Wildman–Crippen LogP) is 3.18. The van der Waals surface area contributed by atoms with E-state index in [-0.39, 0.29) is 11.9 Å². The van der Waals surface area contributed by atoms with Crippen molar-refractivity contribution in [3.8, 4) is 0 Å². The highest BCUT2D eigenvalue weighted by Gasteiger charge is 2.20. The summed E-state index contributed by atoms with van der Waals surface area (Å²) in [6, 6.07) is 0.851. The first kappa shape index (κ1) is 18.0. The topological polar surface area (TPSA) is 59.0 Å². The maximum atomic E-state index is 12.1. The molecule has 1 saturated carbocycles. The van der Waals surface area contributed by atoms with Gasteiger partial charge in [-0.05, 0) is 47.5 Å². The van der Waals surface area contributed by atoms with Crippen molar-refractivity contribution in [3.63, 3.8) is 0 Å². The molecule has 5 heteroatoms. The lowest BCUT2D eigenvalue weighted by molar-refractivity contribution is -0.121. The van der Waals surface area contributed by atoms with Gasteiger partial charge in [0.2, 0.25) is 5.91 Å². The van der Waals surface area contributed by atoms with Gasteiger partial charge in [-0.25, -0.2) is 0 Å². The van der Waals surface area contributed by atoms with Gasteiger partial charge in [0.05, 0.1) is 12.2 Å². The fraction of sp³-hybridized carbons (Fsp3) is 0.778. The lowest BCUT2D eigenvalue weighted by Gasteiger charge is -2.23. The maximum absolute atomic E-state index is 12.1. The molecule has 130 valence electrons. The zero-order valence-electron chi connectivity index (χ0n) is 15.3. The Morgan fingerprint density at radius 1 is 1.22 bits per heavy atom. The molecule has 1 unspecified atom stereocenters. The van der Waals surface area contributed by atoms with E-state index in [9.17, 15) is 4.79 Å². The molecule has 1 aromatic heterocycles. The van der Waals surface area contributed by atoms with Crippen LogP contribution < -0.4 is 10.6 Å². The first-order valence-corrected chi connectivity index (χ1v) is 8.98. The molecule has 1 aromatic rings. The van der Waals surface area contributed by atoms with Gasteiger partial charge >= 0.3 is 0 Å². The van der Waals surface area contributed by atoms with Crippen LogP contribution in [0.15, 0.2) is 0 Å². The van der Waals surface area contributed by atoms with E-state index in [0.29, 0.717) is 18.6 Å². The van der Waals surface area contributed by atoms with E-state index < -0.39 is 0 Å². The standard InChI is InChI=1S/C18H32N4O/c1-12(2)22-15(5)18(14(4)21-22)13(3)19-11-17(23)20-16-9-7-6-8-10-16/h12-13,16,19H,6-11H2,1-5H3,(H,20,23). The first-order valence-electron chi connectivity index (χ1n) is 8.98. The van der Waals surface area contributed by atoms with Gasteiger partial charge in [-0.3, -0.25) is 9.48 Å². The zero-order chi connectivity index (χ0) is 17.0. The maximum Gasteiger partial charge on any atom is 0.234 e. The van der Waals surface area contributed by atoms with Crippen molar-refractivity contribution in [2.75, 3.05) is 6.54 Å². The number of carbonyl (C=O) groups is 1. The van der Waals surface area contributed by atoms with E-state index in [1.807, 2.05) is 6.92 Å². The van der Waals surface area contributed by atoms with Gasteiger partial charge in [0.15, 0.2) is 0 Å². The molecule has 0 aromatic carbocycles. The molecule has 1 aliphatic carbocycles. The fourth-order valence-electron chi connectivity index (χ4n) is 3.68. The van der Waals surface area contributed by atoms with Gasteiger partial charge in [-0.1, -0.05) is 19.3 Å². The second-order valence-corrected chi connectivity index (χ2v) is 7.13. The van der Waals surface area contributed by atoms with E-state index in [2.05, 4.69) is 48.1 Å². The van der Waals surface area contributed by atoms with Crippen LogP contribution in [0.2, 0.25) is 0 Å². The Hall–Kier alpha value is -1.36. The molecule has 0 saturated heterocycles. The lowest BCUT2D eigenvalue weighted by Crippen LogP contribution is -2.41. The monoisotopic (exact) mass is 320 g/mol. The van der Waals surface area contributed by atoms with Crippen molar-refractivity contribution in [1.82, 2.24) is 20.4 Å². The Morgan fingerprint density at radius 3 is 2.43 bits per heavy atom. The van der Waals surface area contributed by atoms with E-state index >= 15 is 0 Å². The van der Waals surface area contributed by atoms with Crippen molar-refractivity contribution < 1.29 is 4.79 Å². The average molecular weight is 320 g/mol. The lowest BCUT2D eigenvalue weighted by atomic mass is 9.95. The molecule has 0 spiro atoms. The summed E-state index contributed by atoms with van der Waals surface area (Å²) in [7, 11) is 0. The second kappa shape index (κ2) is 7.95. The quantitative estimate of drug-likeness (QED) is 0.846. The Balaban J connectivity index is 1.89. The number of nitrogens with one attached hydrogen (secondary N) is 2. The van der Waals surface area contributed by atoms with E-state index in [1.54, 1.807) is 0 Å². The molecule has 1 atom stereocenters. The van der Waals surface area contributed by atoms with E-state index in [0.717, 1.165) is 18.5 Å². The third kappa shape index (κ3) is 4.56. The van der Waals surface area contributed by atoms with Crippen LogP contribution >= 0.6 is 0 Å². The smallest absolute Gasteiger partial charge is 0.234 e. The van der Waals surface area contributed by atoms with Crippen molar-refractivity contribution in [2.45, 2.75) is 84.8 Å². The normalized spacial score (nSPS) is 17.5. The zero-order valence-corrected chi connectivity index (χ0v) is 15.3. The molecule has 1 aliphatic rings. The third-order valence-electron chi connectivity index (χ3n) is 4.84. The Bertz CT molecular complexity index is 529. The SMILES string of the molecule is Cc1nn(C(C)C)c(C)c1C(C)NCC(=O)NC1CCCCC1. The van der Waals surface area contributed by atoms with Crippen molar-refractivity contribution in [2.24, 2.45) is 0 Å². The number of rotatable bonds is 6. The molecule has 2 rings (SSSR count). The van der Waals surface area contributed by atoms with Crippen LogP contribution in [0.1, 0.15) is 81.9 Å². The number of hydrogen-bond acceptors (Lipinski definition) is 3. The van der Waals surface area contributed by atoms with Crippen molar-refractivity contribution >= 4 is 5.91 Å². The highest BCUT2D eigenvalue weighted by atomic mass is 16.2. The summed E-state index contributed by atoms with van der Waals surface area (Å²) < 4.78 is 2.06. The summed E-state index contributed by atoms with van der Waals surface area (Å²) in [6.45, 7) is 10.9. The molecular weight excluding hydrogens is 288 g/mol. The Morgan fingerprint density at radius 2 is 1.87 bits per heavy atom. The molecular formula is C18H32N4O. The molecule has 2 N–H and O–H groups in total. The molecule has 23 heavy (non-hydrogen) atoms. The number of carbonyl (C=O) groups excluding carboxylic acids is 1. The summed E-state index contributed by atoms with van der Waals surface area (Å²) in [4.78, 5) is 12.1. The minimum absolute atomic E-state index is 0.107. The van der Waals surface area contributed by atoms with Crippen LogP contribution in [-0.4, -0.2) is 28.3 Å². The second-order valence-electron chi connectivity index (χ2n) is 7.13. The highest BCUT2D eigenvalue weighted by molar-refractivity contribution is 5.78. The Kier molecular flexibility index (Phi) is 6.22. The number of aryl methyl sites for hydroxylation is 1. The molecule has 1 amide bonds. The molecule has 1 fully saturated rings. The summed E-state index contributed by atoms with van der Waals surface area (Å²) in [5.41, 5.74) is 3.44. The highest BCUT2D eigenvalue weighted by Crippen LogP contribution is 2.23. The van der Waals surface area contributed by atoms with Crippen molar-refractivity contribution in [3.05, 3.63) is 17.0 Å². The molecule has 0 radical (unpaired) electrons. The van der Waals surface area contributed by atoms with Gasteiger partial charge in [0, 0.05) is 29.4 Å². The molecule has 0 aliphatic heterocycles. The van der Waals surface area contributed by atoms with Gasteiger partial charge in [-0.2, -0.15) is 5.10 Å². The van der Waals surface area contributed by atoms with Crippen molar-refractivity contribution in [1.29, 1.82) is 0 Å². The molecule has 1 heterocycles. The van der Waals surface area contributed by atoms with Crippen LogP contribution in [0.4, 0.5) is 0 Å². The molecule has 5 nitrogen and oxygen atoms in total. The minimum atomic E-state index is 0.107. The summed E-state index contributed by atoms with van der Waals surface area (Å²) >= 11 is 0. The van der Waals surface area contributed by atoms with Gasteiger partial charge in [-0.15, -0.1) is 0 Å². The summed E-state index contributed by atoms with van der Waals surface area (Å²) in [5, 5.41) is 11.1. The molecule has 0 bridgehead atoms. The van der Waals surface area contributed by atoms with Crippen LogP contribution in [0.25, 0.3) is 0 Å². The van der Waals surface area contributed by atoms with E-state index in [1.165, 1.54) is 30.5 Å². The van der Waals surface area contributed by atoms with Gasteiger partial charge < -0.3 is 10.6 Å². The third-order valence-corrected chi connectivity index (χ3v) is 4.84. The van der Waals surface area contributed by atoms with Crippen LogP contribution in [0.5, 0.6) is 0 Å². The summed E-state index contributed by atoms with van der Waals surface area (Å²) in [5.74, 6) is 0.107. The van der Waals surface area contributed by atoms with Crippen LogP contribution in [0, 0.1) is 13.8 Å². The number of amides is 1. The minimum Gasteiger partial charge on any atom is -0.352 e. The van der Waals surface area contributed by atoms with Crippen LogP contribution in [0.3, 0.4) is 0 Å². The first-order chi connectivity index (χ1) is 10.9. The number of aromatic nitrogens is 2. The van der Waals surface area contributed by atoms with Gasteiger partial charge in [0.25, 0.3) is 0 Å². The number of hydrogen-bond donors (Lipinski definition) is 2. The predicted molar refractivity (Wildman–Crippen MR) is 93.5 cm³/mol. The fourth-order valence-corrected chi connectivity index (χ4v) is 3.68. The summed E-state index contributed by atoms with van der Waals surface area (Å²) in [6.07, 6.45) is 6.03. The van der Waals surface area contributed by atoms with E-state index in [4.69, 9.17) is 0 Å². The average Bonchev–Trinajstić information content (AvgIpc) is 2.81. The van der Waals surface area contributed by atoms with Crippen LogP contribution in [-0.2, 0) is 4.79 Å².